The molecule has 2 aromatic heterocycles. The second-order valence-electron chi connectivity index (χ2n) is 8.69. The maximum absolute atomic E-state index is 13.6. The number of aryl methyl sites for hydroxylation is 3. The number of benzene rings is 2. The first-order chi connectivity index (χ1) is 16.8. The Hall–Kier alpha value is -4.00. The van der Waals surface area contributed by atoms with Crippen LogP contribution >= 0.6 is 0 Å². The van der Waals surface area contributed by atoms with Crippen LogP contribution in [0.15, 0.2) is 59.0 Å². The van der Waals surface area contributed by atoms with Crippen LogP contribution in [-0.2, 0) is 6.42 Å². The van der Waals surface area contributed by atoms with Gasteiger partial charge in [-0.25, -0.2) is 4.68 Å². The maximum atomic E-state index is 13.6. The molecule has 0 saturated heterocycles. The van der Waals surface area contributed by atoms with Gasteiger partial charge in [0, 0.05) is 19.7 Å². The molecule has 0 atom stereocenters. The smallest absolute Gasteiger partial charge is 0.272 e. The van der Waals surface area contributed by atoms with E-state index in [0.29, 0.717) is 41.6 Å². The highest BCUT2D eigenvalue weighted by Crippen LogP contribution is 2.28. The summed E-state index contributed by atoms with van der Waals surface area (Å²) in [6.07, 6.45) is 0.671. The Kier molecular flexibility index (Phi) is 6.96. The molecule has 0 radical (unpaired) electrons. The van der Waals surface area contributed by atoms with Gasteiger partial charge in [0.25, 0.3) is 5.91 Å². The number of carbonyl (C=O) groups is 1. The minimum atomic E-state index is -0.118. The molecule has 0 spiro atoms. The number of nitrogens with zero attached hydrogens (tertiary/aromatic N) is 3. The third-order valence-electron chi connectivity index (χ3n) is 6.03. The zero-order chi connectivity index (χ0) is 25.1. The van der Waals surface area contributed by atoms with E-state index >= 15 is 0 Å². The van der Waals surface area contributed by atoms with Gasteiger partial charge in [0.15, 0.2) is 17.3 Å². The van der Waals surface area contributed by atoms with Crippen molar-refractivity contribution in [2.75, 3.05) is 27.8 Å². The zero-order valence-corrected chi connectivity index (χ0v) is 21.1. The molecule has 0 saturated carbocycles. The predicted molar refractivity (Wildman–Crippen MR) is 136 cm³/mol. The molecular formula is C28H31N3O4. The maximum Gasteiger partial charge on any atom is 0.272 e. The van der Waals surface area contributed by atoms with Crippen molar-refractivity contribution in [1.29, 1.82) is 0 Å². The third kappa shape index (κ3) is 5.09. The summed E-state index contributed by atoms with van der Waals surface area (Å²) < 4.78 is 18.2. The quantitative estimate of drug-likeness (QED) is 0.343. The molecule has 7 nitrogen and oxygen atoms in total. The number of hydrogen-bond acceptors (Lipinski definition) is 5. The summed E-state index contributed by atoms with van der Waals surface area (Å²) in [6, 6.07) is 17.5. The summed E-state index contributed by atoms with van der Waals surface area (Å²) in [5.74, 6) is 2.66. The van der Waals surface area contributed by atoms with Gasteiger partial charge < -0.3 is 18.8 Å². The second kappa shape index (κ2) is 10.1. The molecule has 0 aliphatic carbocycles. The summed E-state index contributed by atoms with van der Waals surface area (Å²) in [5, 5.41) is 4.76. The lowest BCUT2D eigenvalue weighted by molar-refractivity contribution is 0.0787. The van der Waals surface area contributed by atoms with Crippen molar-refractivity contribution in [3.63, 3.8) is 0 Å². The van der Waals surface area contributed by atoms with Gasteiger partial charge in [-0.3, -0.25) is 4.79 Å². The standard InChI is InChI=1S/C28H31N3O4/c1-18-7-10-23(19(2)15-18)31-24(17-22(29-31)25-11-8-20(3)35-25)28(32)30(4)14-13-21-9-12-26(33-5)27(16-21)34-6/h7-12,15-17H,13-14H2,1-6H3. The van der Waals surface area contributed by atoms with Crippen LogP contribution in [-0.4, -0.2) is 48.4 Å². The number of ether oxygens (including phenoxy) is 2. The Morgan fingerprint density at radius 1 is 0.971 bits per heavy atom. The van der Waals surface area contributed by atoms with Gasteiger partial charge in [0.05, 0.1) is 19.9 Å². The molecule has 4 rings (SSSR count). The molecule has 1 amide bonds. The van der Waals surface area contributed by atoms with Gasteiger partial charge in [-0.15, -0.1) is 0 Å². The average Bonchev–Trinajstić information content (AvgIpc) is 3.48. The van der Waals surface area contributed by atoms with Gasteiger partial charge in [0.2, 0.25) is 0 Å². The van der Waals surface area contributed by atoms with Crippen molar-refractivity contribution in [2.24, 2.45) is 0 Å². The first kappa shape index (κ1) is 24.1. The van der Waals surface area contributed by atoms with E-state index in [1.54, 1.807) is 36.9 Å². The second-order valence-corrected chi connectivity index (χ2v) is 8.69. The van der Waals surface area contributed by atoms with Gasteiger partial charge in [-0.05, 0) is 68.7 Å². The molecule has 182 valence electrons. The summed E-state index contributed by atoms with van der Waals surface area (Å²) in [5.41, 5.74) is 5.21. The average molecular weight is 474 g/mol. The van der Waals surface area contributed by atoms with Crippen LogP contribution in [0.1, 0.15) is 32.9 Å². The van der Waals surface area contributed by atoms with Crippen molar-refractivity contribution in [3.05, 3.63) is 82.7 Å². The number of methoxy groups -OCH3 is 2. The van der Waals surface area contributed by atoms with Crippen LogP contribution in [0.25, 0.3) is 17.1 Å². The minimum absolute atomic E-state index is 0.118. The lowest BCUT2D eigenvalue weighted by Gasteiger charge is -2.19. The van der Waals surface area contributed by atoms with Gasteiger partial charge in [-0.2, -0.15) is 5.10 Å². The number of rotatable bonds is 8. The molecule has 0 aliphatic heterocycles. The molecule has 4 aromatic rings. The first-order valence-corrected chi connectivity index (χ1v) is 11.5. The molecule has 0 aliphatic rings. The number of amides is 1. The highest BCUT2D eigenvalue weighted by molar-refractivity contribution is 5.94. The topological polar surface area (TPSA) is 69.7 Å². The van der Waals surface area contributed by atoms with E-state index in [9.17, 15) is 4.79 Å². The van der Waals surface area contributed by atoms with E-state index in [2.05, 4.69) is 6.07 Å². The van der Waals surface area contributed by atoms with Crippen molar-refractivity contribution in [2.45, 2.75) is 27.2 Å². The van der Waals surface area contributed by atoms with Crippen molar-refractivity contribution in [3.8, 4) is 28.6 Å². The predicted octanol–water partition coefficient (Wildman–Crippen LogP) is 5.39. The molecule has 35 heavy (non-hydrogen) atoms. The Morgan fingerprint density at radius 2 is 1.74 bits per heavy atom. The van der Waals surface area contributed by atoms with Crippen molar-refractivity contribution >= 4 is 5.91 Å². The van der Waals surface area contributed by atoms with E-state index in [1.165, 1.54) is 0 Å². The van der Waals surface area contributed by atoms with Crippen molar-refractivity contribution < 1.29 is 18.7 Å². The first-order valence-electron chi connectivity index (χ1n) is 11.5. The normalized spacial score (nSPS) is 10.9. The lowest BCUT2D eigenvalue weighted by Crippen LogP contribution is -2.30. The molecule has 7 heteroatoms. The summed E-state index contributed by atoms with van der Waals surface area (Å²) >= 11 is 0. The van der Waals surface area contributed by atoms with Crippen LogP contribution in [0.3, 0.4) is 0 Å². The van der Waals surface area contributed by atoms with Crippen LogP contribution in [0, 0.1) is 20.8 Å². The lowest BCUT2D eigenvalue weighted by atomic mass is 10.1. The highest BCUT2D eigenvalue weighted by atomic mass is 16.5. The Bertz CT molecular complexity index is 1350. The Labute approximate surface area is 205 Å². The van der Waals surface area contributed by atoms with E-state index in [4.69, 9.17) is 19.0 Å². The monoisotopic (exact) mass is 473 g/mol. The Morgan fingerprint density at radius 3 is 2.40 bits per heavy atom. The van der Waals surface area contributed by atoms with Crippen LogP contribution in [0.4, 0.5) is 0 Å². The number of aromatic nitrogens is 2. The number of carbonyl (C=O) groups excluding carboxylic acids is 1. The molecule has 0 fully saturated rings. The largest absolute Gasteiger partial charge is 0.493 e. The minimum Gasteiger partial charge on any atom is -0.493 e. The Balaban J connectivity index is 1.63. The third-order valence-corrected chi connectivity index (χ3v) is 6.03. The SMILES string of the molecule is COc1ccc(CCN(C)C(=O)c2cc(-c3ccc(C)o3)nn2-c2ccc(C)cc2C)cc1OC. The summed E-state index contributed by atoms with van der Waals surface area (Å²) in [6.45, 7) is 6.49. The summed E-state index contributed by atoms with van der Waals surface area (Å²) in [7, 11) is 5.03. The van der Waals surface area contributed by atoms with Crippen LogP contribution < -0.4 is 9.47 Å². The molecule has 2 aromatic carbocycles. The van der Waals surface area contributed by atoms with Gasteiger partial charge in [0.1, 0.15) is 17.1 Å². The fourth-order valence-corrected chi connectivity index (χ4v) is 4.08. The van der Waals surface area contributed by atoms with Gasteiger partial charge >= 0.3 is 0 Å². The molecule has 0 N–H and O–H groups in total. The van der Waals surface area contributed by atoms with Gasteiger partial charge in [-0.1, -0.05) is 23.8 Å². The molecule has 0 unspecified atom stereocenters. The van der Waals surface area contributed by atoms with E-state index in [1.807, 2.05) is 63.2 Å². The van der Waals surface area contributed by atoms with Crippen LogP contribution in [0.5, 0.6) is 11.5 Å². The van der Waals surface area contributed by atoms with Crippen molar-refractivity contribution in [1.82, 2.24) is 14.7 Å². The number of hydrogen-bond donors (Lipinski definition) is 0. The fraction of sp³-hybridized carbons (Fsp3) is 0.286. The highest BCUT2D eigenvalue weighted by Gasteiger charge is 2.23. The fourth-order valence-electron chi connectivity index (χ4n) is 4.08. The molecular weight excluding hydrogens is 442 g/mol. The van der Waals surface area contributed by atoms with E-state index in [-0.39, 0.29) is 5.91 Å². The number of likely N-dealkylation sites (N-methyl/N-ethyl adjacent to an activating group) is 1. The van der Waals surface area contributed by atoms with E-state index in [0.717, 1.165) is 28.1 Å². The van der Waals surface area contributed by atoms with Crippen LogP contribution in [0.2, 0.25) is 0 Å². The summed E-state index contributed by atoms with van der Waals surface area (Å²) in [4.78, 5) is 15.3. The zero-order valence-electron chi connectivity index (χ0n) is 21.1. The van der Waals surface area contributed by atoms with E-state index < -0.39 is 0 Å². The molecule has 2 heterocycles. The number of furan rings is 1. The molecule has 0 bridgehead atoms.